The third-order valence-electron chi connectivity index (χ3n) is 2.22. The van der Waals surface area contributed by atoms with Crippen LogP contribution in [0.3, 0.4) is 0 Å². The van der Waals surface area contributed by atoms with Crippen LogP contribution >= 0.6 is 0 Å². The highest BCUT2D eigenvalue weighted by atomic mass is 16.3. The molecule has 0 aliphatic rings. The van der Waals surface area contributed by atoms with E-state index in [1.165, 1.54) is 12.1 Å². The molecule has 1 rings (SSSR count). The summed E-state index contributed by atoms with van der Waals surface area (Å²) in [6, 6.07) is 5.53. The number of primary amides is 1. The monoisotopic (exact) mass is 234 g/mol. The van der Waals surface area contributed by atoms with E-state index in [4.69, 9.17) is 10.8 Å². The van der Waals surface area contributed by atoms with Crippen molar-refractivity contribution in [1.82, 2.24) is 5.32 Å². The van der Waals surface area contributed by atoms with E-state index in [-0.39, 0.29) is 12.2 Å². The van der Waals surface area contributed by atoms with E-state index in [0.29, 0.717) is 0 Å². The molecule has 5 nitrogen and oxygen atoms in total. The van der Waals surface area contributed by atoms with Crippen molar-refractivity contribution in [2.45, 2.75) is 12.5 Å². The zero-order valence-electron chi connectivity index (χ0n) is 9.22. The van der Waals surface area contributed by atoms with Crippen molar-refractivity contribution >= 4 is 11.8 Å². The third-order valence-corrected chi connectivity index (χ3v) is 2.22. The lowest BCUT2D eigenvalue weighted by atomic mass is 10.1. The minimum absolute atomic E-state index is 0.138. The van der Waals surface area contributed by atoms with Gasteiger partial charge in [-0.15, -0.1) is 0 Å². The van der Waals surface area contributed by atoms with Crippen molar-refractivity contribution in [2.24, 2.45) is 5.73 Å². The van der Waals surface area contributed by atoms with E-state index in [2.05, 4.69) is 11.9 Å². The zero-order valence-corrected chi connectivity index (χ0v) is 9.22. The molecule has 1 atom stereocenters. The molecule has 1 unspecified atom stereocenters. The van der Waals surface area contributed by atoms with Gasteiger partial charge in [0.15, 0.2) is 0 Å². The average molecular weight is 234 g/mol. The first-order valence-electron chi connectivity index (χ1n) is 5.03. The van der Waals surface area contributed by atoms with Gasteiger partial charge in [-0.2, -0.15) is 0 Å². The molecule has 0 fully saturated rings. The van der Waals surface area contributed by atoms with Crippen LogP contribution in [0.15, 0.2) is 36.9 Å². The third kappa shape index (κ3) is 3.98. The number of rotatable bonds is 5. The van der Waals surface area contributed by atoms with Gasteiger partial charge in [-0.1, -0.05) is 18.7 Å². The molecular formula is C12H14N2O3. The summed E-state index contributed by atoms with van der Waals surface area (Å²) in [5.41, 5.74) is 5.97. The van der Waals surface area contributed by atoms with Gasteiger partial charge < -0.3 is 16.2 Å². The number of nitrogens with two attached hydrogens (primary N) is 1. The summed E-state index contributed by atoms with van der Waals surface area (Å²) in [5, 5.41) is 11.5. The highest BCUT2D eigenvalue weighted by Crippen LogP contribution is 2.11. The summed E-state index contributed by atoms with van der Waals surface area (Å²) < 4.78 is 0. The lowest BCUT2D eigenvalue weighted by Gasteiger charge is -2.14. The van der Waals surface area contributed by atoms with E-state index in [1.807, 2.05) is 0 Å². The summed E-state index contributed by atoms with van der Waals surface area (Å²) >= 11 is 0. The second kappa shape index (κ2) is 5.69. The number of aromatic hydroxyl groups is 1. The summed E-state index contributed by atoms with van der Waals surface area (Å²) in [6.45, 7) is 3.29. The maximum Gasteiger partial charge on any atom is 0.244 e. The number of hydrogen-bond acceptors (Lipinski definition) is 3. The summed E-state index contributed by atoms with van der Waals surface area (Å²) in [4.78, 5) is 22.2. The van der Waals surface area contributed by atoms with Gasteiger partial charge in [-0.05, 0) is 23.8 Å². The Hall–Kier alpha value is -2.30. The summed E-state index contributed by atoms with van der Waals surface area (Å²) in [5.74, 6) is -0.930. The number of benzene rings is 1. The van der Waals surface area contributed by atoms with Crippen molar-refractivity contribution < 1.29 is 14.7 Å². The number of carbonyl (C=O) groups excluding carboxylic acids is 2. The molecule has 90 valence electrons. The second-order valence-corrected chi connectivity index (χ2v) is 3.54. The van der Waals surface area contributed by atoms with Crippen molar-refractivity contribution in [3.63, 3.8) is 0 Å². The van der Waals surface area contributed by atoms with Gasteiger partial charge in [0.1, 0.15) is 11.8 Å². The molecule has 1 aromatic rings. The van der Waals surface area contributed by atoms with Crippen molar-refractivity contribution in [3.05, 3.63) is 42.5 Å². The predicted octanol–water partition coefficient (Wildman–Crippen LogP) is 0.0908. The number of phenolic OH excluding ortho intramolecular Hbond substituents is 1. The van der Waals surface area contributed by atoms with Crippen LogP contribution in [0.4, 0.5) is 0 Å². The Morgan fingerprint density at radius 1 is 1.41 bits per heavy atom. The Morgan fingerprint density at radius 2 is 2.00 bits per heavy atom. The molecule has 0 saturated heterocycles. The first-order valence-corrected chi connectivity index (χ1v) is 5.03. The van der Waals surface area contributed by atoms with Crippen LogP contribution in [0.2, 0.25) is 0 Å². The lowest BCUT2D eigenvalue weighted by molar-refractivity contribution is -0.124. The average Bonchev–Trinajstić information content (AvgIpc) is 2.30. The molecule has 0 spiro atoms. The molecule has 4 N–H and O–H groups in total. The molecule has 17 heavy (non-hydrogen) atoms. The Kier molecular flexibility index (Phi) is 4.28. The molecule has 0 aromatic heterocycles. The SMILES string of the molecule is C=CC(=O)NC(Cc1ccc(O)cc1)C(N)=O. The van der Waals surface area contributed by atoms with Gasteiger partial charge in [0.2, 0.25) is 11.8 Å². The van der Waals surface area contributed by atoms with Gasteiger partial charge in [0.25, 0.3) is 0 Å². The van der Waals surface area contributed by atoms with Crippen LogP contribution < -0.4 is 11.1 Å². The van der Waals surface area contributed by atoms with Gasteiger partial charge >= 0.3 is 0 Å². The first-order chi connectivity index (χ1) is 8.02. The highest BCUT2D eigenvalue weighted by molar-refractivity contribution is 5.92. The van der Waals surface area contributed by atoms with Crippen molar-refractivity contribution in [3.8, 4) is 5.75 Å². The molecule has 0 bridgehead atoms. The molecule has 0 aliphatic carbocycles. The minimum atomic E-state index is -0.787. The van der Waals surface area contributed by atoms with E-state index >= 15 is 0 Å². The summed E-state index contributed by atoms with van der Waals surface area (Å²) in [7, 11) is 0. The van der Waals surface area contributed by atoms with Crippen molar-refractivity contribution in [1.29, 1.82) is 0 Å². The van der Waals surface area contributed by atoms with E-state index in [9.17, 15) is 9.59 Å². The number of amides is 2. The molecule has 2 amide bonds. The standard InChI is InChI=1S/C12H14N2O3/c1-2-11(16)14-10(12(13)17)7-8-3-5-9(15)6-4-8/h2-6,10,15H,1,7H2,(H2,13,17)(H,14,16). The van der Waals surface area contributed by atoms with E-state index < -0.39 is 17.9 Å². The second-order valence-electron chi connectivity index (χ2n) is 3.54. The Balaban J connectivity index is 2.73. The molecule has 5 heteroatoms. The van der Waals surface area contributed by atoms with Gasteiger partial charge in [0.05, 0.1) is 0 Å². The fraction of sp³-hybridized carbons (Fsp3) is 0.167. The Labute approximate surface area is 98.9 Å². The smallest absolute Gasteiger partial charge is 0.244 e. The molecule has 0 radical (unpaired) electrons. The number of hydrogen-bond donors (Lipinski definition) is 3. The quantitative estimate of drug-likeness (QED) is 0.630. The fourth-order valence-corrected chi connectivity index (χ4v) is 1.32. The predicted molar refractivity (Wildman–Crippen MR) is 63.1 cm³/mol. The maximum absolute atomic E-state index is 11.1. The number of carbonyl (C=O) groups is 2. The van der Waals surface area contributed by atoms with Crippen LogP contribution in [0.25, 0.3) is 0 Å². The molecule has 1 aromatic carbocycles. The molecule has 0 aliphatic heterocycles. The first kappa shape index (κ1) is 12.8. The highest BCUT2D eigenvalue weighted by Gasteiger charge is 2.17. The van der Waals surface area contributed by atoms with Gasteiger partial charge in [-0.25, -0.2) is 0 Å². The zero-order chi connectivity index (χ0) is 12.8. The van der Waals surface area contributed by atoms with Crippen LogP contribution in [-0.4, -0.2) is 23.0 Å². The maximum atomic E-state index is 11.1. The molecule has 0 saturated carbocycles. The van der Waals surface area contributed by atoms with Gasteiger partial charge in [0, 0.05) is 6.42 Å². The van der Waals surface area contributed by atoms with Crippen LogP contribution in [0.5, 0.6) is 5.75 Å². The number of phenols is 1. The topological polar surface area (TPSA) is 92.4 Å². The van der Waals surface area contributed by atoms with Crippen LogP contribution in [0, 0.1) is 0 Å². The lowest BCUT2D eigenvalue weighted by Crippen LogP contribution is -2.45. The van der Waals surface area contributed by atoms with Gasteiger partial charge in [-0.3, -0.25) is 9.59 Å². The van der Waals surface area contributed by atoms with Crippen LogP contribution in [-0.2, 0) is 16.0 Å². The Bertz CT molecular complexity index is 426. The van der Waals surface area contributed by atoms with E-state index in [0.717, 1.165) is 11.6 Å². The Morgan fingerprint density at radius 3 is 2.47 bits per heavy atom. The normalized spacial score (nSPS) is 11.5. The molecular weight excluding hydrogens is 220 g/mol. The van der Waals surface area contributed by atoms with Crippen molar-refractivity contribution in [2.75, 3.05) is 0 Å². The minimum Gasteiger partial charge on any atom is -0.508 e. The fourth-order valence-electron chi connectivity index (χ4n) is 1.32. The van der Waals surface area contributed by atoms with Crippen LogP contribution in [0.1, 0.15) is 5.56 Å². The van der Waals surface area contributed by atoms with E-state index in [1.54, 1.807) is 12.1 Å². The number of nitrogens with one attached hydrogen (secondary N) is 1. The summed E-state index contributed by atoms with van der Waals surface area (Å²) in [6.07, 6.45) is 1.35. The largest absolute Gasteiger partial charge is 0.508 e. The molecule has 0 heterocycles.